The molecular weight excluding hydrogens is 492 g/mol. The Morgan fingerprint density at radius 1 is 1.03 bits per heavy atom. The molecule has 1 N–H and O–H groups in total. The minimum absolute atomic E-state index is 0.226. The molecule has 1 aliphatic heterocycles. The zero-order valence-electron chi connectivity index (χ0n) is 18.9. The predicted molar refractivity (Wildman–Crippen MR) is 114 cm³/mol. The Hall–Kier alpha value is -3.70. The fourth-order valence-corrected chi connectivity index (χ4v) is 4.59. The molecule has 6 nitrogen and oxygen atoms in total. The fourth-order valence-electron chi connectivity index (χ4n) is 4.59. The van der Waals surface area contributed by atoms with Crippen LogP contribution in [-0.2, 0) is 15.8 Å². The van der Waals surface area contributed by atoms with E-state index in [9.17, 15) is 40.7 Å². The van der Waals surface area contributed by atoms with Gasteiger partial charge >= 0.3 is 12.4 Å². The zero-order chi connectivity index (χ0) is 26.7. The number of benzene rings is 1. The van der Waals surface area contributed by atoms with E-state index in [2.05, 4.69) is 4.98 Å². The van der Waals surface area contributed by atoms with E-state index in [1.807, 2.05) is 0 Å². The molecular formula is C24H19F6N3O3. The summed E-state index contributed by atoms with van der Waals surface area (Å²) < 4.78 is 84.5. The van der Waals surface area contributed by atoms with Crippen LogP contribution in [0.15, 0.2) is 60.1 Å². The largest absolute Gasteiger partial charge is 0.425 e. The van der Waals surface area contributed by atoms with Gasteiger partial charge in [-0.3, -0.25) is 24.3 Å². The van der Waals surface area contributed by atoms with Crippen molar-refractivity contribution in [2.45, 2.75) is 44.6 Å². The Morgan fingerprint density at radius 3 is 2.31 bits per heavy atom. The van der Waals surface area contributed by atoms with Crippen molar-refractivity contribution in [1.82, 2.24) is 10.3 Å². The fraction of sp³-hybridized carbons (Fsp3) is 0.333. The van der Waals surface area contributed by atoms with Crippen LogP contribution in [0.3, 0.4) is 0 Å². The number of allylic oxidation sites excluding steroid dienone is 1. The second-order valence-electron chi connectivity index (χ2n) is 9.39. The average Bonchev–Trinajstić information content (AvgIpc) is 3.01. The summed E-state index contributed by atoms with van der Waals surface area (Å²) in [5.41, 5.74) is -8.09. The molecule has 1 atom stereocenters. The molecule has 4 rings (SSSR count). The van der Waals surface area contributed by atoms with E-state index in [0.717, 1.165) is 24.4 Å². The lowest BCUT2D eigenvalue weighted by molar-refractivity contribution is -0.186. The summed E-state index contributed by atoms with van der Waals surface area (Å²) in [5, 5.41) is 1.70. The minimum Gasteiger partial charge on any atom is -0.326 e. The van der Waals surface area contributed by atoms with Crippen LogP contribution in [0.5, 0.6) is 0 Å². The number of alkyl halides is 6. The van der Waals surface area contributed by atoms with Crippen LogP contribution >= 0.6 is 0 Å². The van der Waals surface area contributed by atoms with Crippen LogP contribution in [0.4, 0.5) is 32.0 Å². The highest BCUT2D eigenvalue weighted by Gasteiger charge is 2.72. The maximum Gasteiger partial charge on any atom is 0.425 e. The molecule has 0 bridgehead atoms. The number of pyridine rings is 1. The van der Waals surface area contributed by atoms with Crippen molar-refractivity contribution in [3.05, 3.63) is 71.2 Å². The first-order chi connectivity index (χ1) is 16.6. The lowest BCUT2D eigenvalue weighted by Gasteiger charge is -2.35. The molecule has 2 heterocycles. The van der Waals surface area contributed by atoms with Crippen molar-refractivity contribution >= 4 is 23.3 Å². The van der Waals surface area contributed by atoms with Gasteiger partial charge in [-0.05, 0) is 42.2 Å². The Morgan fingerprint density at radius 2 is 1.72 bits per heavy atom. The van der Waals surface area contributed by atoms with E-state index in [4.69, 9.17) is 0 Å². The van der Waals surface area contributed by atoms with Crippen LogP contribution in [0.1, 0.15) is 42.6 Å². The highest BCUT2D eigenvalue weighted by molar-refractivity contribution is 6.21. The van der Waals surface area contributed by atoms with Gasteiger partial charge in [0.2, 0.25) is 5.54 Å². The molecule has 2 amide bonds. The zero-order valence-corrected chi connectivity index (χ0v) is 18.9. The van der Waals surface area contributed by atoms with Crippen molar-refractivity contribution in [1.29, 1.82) is 0 Å². The van der Waals surface area contributed by atoms with Gasteiger partial charge in [-0.2, -0.15) is 26.3 Å². The molecule has 1 aromatic heterocycles. The maximum absolute atomic E-state index is 14.8. The molecule has 1 aromatic carbocycles. The van der Waals surface area contributed by atoms with Gasteiger partial charge in [-0.15, -0.1) is 0 Å². The Labute approximate surface area is 201 Å². The maximum atomic E-state index is 14.8. The lowest BCUT2D eigenvalue weighted by Crippen LogP contribution is -2.66. The molecule has 0 saturated carbocycles. The van der Waals surface area contributed by atoms with Gasteiger partial charge in [0.15, 0.2) is 5.78 Å². The lowest BCUT2D eigenvalue weighted by atomic mass is 9.72. The molecule has 0 radical (unpaired) electrons. The van der Waals surface area contributed by atoms with E-state index in [-0.39, 0.29) is 18.4 Å². The normalized spacial score (nSPS) is 22.1. The molecule has 36 heavy (non-hydrogen) atoms. The van der Waals surface area contributed by atoms with E-state index < -0.39 is 63.4 Å². The Bertz CT molecular complexity index is 1280. The summed E-state index contributed by atoms with van der Waals surface area (Å²) in [6, 6.07) is 5.68. The van der Waals surface area contributed by atoms with Crippen molar-refractivity contribution in [2.75, 3.05) is 4.90 Å². The summed E-state index contributed by atoms with van der Waals surface area (Å²) in [7, 11) is 0. The van der Waals surface area contributed by atoms with Gasteiger partial charge in [-0.1, -0.05) is 19.9 Å². The van der Waals surface area contributed by atoms with Crippen LogP contribution in [-0.4, -0.2) is 34.3 Å². The summed E-state index contributed by atoms with van der Waals surface area (Å²) in [6.07, 6.45) is -8.68. The van der Waals surface area contributed by atoms with Crippen LogP contribution in [0.2, 0.25) is 0 Å². The first-order valence-corrected chi connectivity index (χ1v) is 10.7. The third-order valence-electron chi connectivity index (χ3n) is 6.10. The van der Waals surface area contributed by atoms with Gasteiger partial charge in [-0.25, -0.2) is 0 Å². The number of halogens is 6. The van der Waals surface area contributed by atoms with Crippen LogP contribution < -0.4 is 10.2 Å². The van der Waals surface area contributed by atoms with Crippen molar-refractivity contribution < 1.29 is 40.7 Å². The molecule has 0 saturated heterocycles. The number of nitrogens with zero attached hydrogens (tertiary/aromatic N) is 2. The van der Waals surface area contributed by atoms with Crippen molar-refractivity contribution in [3.63, 3.8) is 0 Å². The van der Waals surface area contributed by atoms with Crippen LogP contribution in [0.25, 0.3) is 0 Å². The van der Waals surface area contributed by atoms with Gasteiger partial charge in [0, 0.05) is 30.2 Å². The van der Waals surface area contributed by atoms with Gasteiger partial charge in [0.05, 0.1) is 16.7 Å². The number of carbonyl (C=O) groups is 3. The highest BCUT2D eigenvalue weighted by Crippen LogP contribution is 2.53. The topological polar surface area (TPSA) is 79.4 Å². The number of anilines is 1. The second-order valence-corrected chi connectivity index (χ2v) is 9.39. The molecule has 0 fully saturated rings. The number of carbonyl (C=O) groups excluding carboxylic acids is 3. The highest BCUT2D eigenvalue weighted by atomic mass is 19.4. The molecule has 12 heteroatoms. The number of amides is 2. The predicted octanol–water partition coefficient (Wildman–Crippen LogP) is 4.82. The molecule has 0 spiro atoms. The number of rotatable bonds is 3. The van der Waals surface area contributed by atoms with E-state index in [0.29, 0.717) is 17.0 Å². The van der Waals surface area contributed by atoms with E-state index in [1.54, 1.807) is 19.2 Å². The Kier molecular flexibility index (Phi) is 5.76. The third-order valence-corrected chi connectivity index (χ3v) is 6.10. The molecule has 1 aliphatic carbocycles. The Balaban J connectivity index is 1.96. The number of aromatic nitrogens is 1. The number of hydrogen-bond donors (Lipinski definition) is 1. The van der Waals surface area contributed by atoms with Crippen molar-refractivity contribution in [2.24, 2.45) is 5.41 Å². The van der Waals surface area contributed by atoms with Gasteiger partial charge in [0.25, 0.3) is 11.8 Å². The number of Topliss-reactive ketones (excluding diaryl/α,β-unsaturated/α-hetero) is 1. The number of nitrogens with one attached hydrogen (secondary N) is 1. The number of hydrogen-bond acceptors (Lipinski definition) is 4. The molecule has 2 aromatic rings. The van der Waals surface area contributed by atoms with Crippen LogP contribution in [0, 0.1) is 5.41 Å². The average molecular weight is 511 g/mol. The molecule has 2 aliphatic rings. The summed E-state index contributed by atoms with van der Waals surface area (Å²) in [6.45, 7) is 3.18. The quantitative estimate of drug-likeness (QED) is 0.600. The van der Waals surface area contributed by atoms with E-state index >= 15 is 0 Å². The smallest absolute Gasteiger partial charge is 0.326 e. The second kappa shape index (κ2) is 8.17. The molecule has 190 valence electrons. The number of ketones is 1. The van der Waals surface area contributed by atoms with Crippen molar-refractivity contribution in [3.8, 4) is 0 Å². The van der Waals surface area contributed by atoms with Gasteiger partial charge < -0.3 is 5.32 Å². The minimum atomic E-state index is -5.50. The van der Waals surface area contributed by atoms with E-state index in [1.165, 1.54) is 12.3 Å². The summed E-state index contributed by atoms with van der Waals surface area (Å²) >= 11 is 0. The summed E-state index contributed by atoms with van der Waals surface area (Å²) in [5.74, 6) is -4.15. The summed E-state index contributed by atoms with van der Waals surface area (Å²) in [4.78, 5) is 43.7. The third kappa shape index (κ3) is 4.03. The monoisotopic (exact) mass is 511 g/mol. The first-order valence-electron chi connectivity index (χ1n) is 10.7. The van der Waals surface area contributed by atoms with Gasteiger partial charge in [0.1, 0.15) is 0 Å². The SMILES string of the molecule is CC1(C)CC(=O)C2=C(C1)N(c1cccc(C(F)(F)F)c1)C(=O)[C@@]2(NC(=O)c1cccnc1)C(F)(F)F. The molecule has 0 unspecified atom stereocenters. The standard InChI is InChI=1S/C24H19F6N3O3/c1-21(2)10-16-18(17(34)11-21)22(24(28,29)30,32-19(35)13-5-4-8-31-12-13)20(36)33(16)15-7-3-6-14(9-15)23(25,26)27/h3-9,12H,10-11H2,1-2H3,(H,32,35)/t22-/m1/s1. The first kappa shape index (κ1) is 25.4.